The lowest BCUT2D eigenvalue weighted by atomic mass is 9.66. The van der Waals surface area contributed by atoms with Crippen LogP contribution in [0, 0.1) is 17.8 Å². The Morgan fingerprint density at radius 2 is 2.00 bits per heavy atom. The van der Waals surface area contributed by atoms with Gasteiger partial charge in [0.15, 0.2) is 0 Å². The van der Waals surface area contributed by atoms with Crippen molar-refractivity contribution in [1.29, 1.82) is 0 Å². The lowest BCUT2D eigenvalue weighted by Gasteiger charge is -2.42. The number of hydrogen-bond donors (Lipinski definition) is 1. The summed E-state index contributed by atoms with van der Waals surface area (Å²) >= 11 is 0. The number of imidazole rings is 1. The number of aryl methyl sites for hydroxylation is 1. The van der Waals surface area contributed by atoms with Crippen molar-refractivity contribution in [3.8, 4) is 0 Å². The average molecular weight is 289 g/mol. The van der Waals surface area contributed by atoms with Crippen molar-refractivity contribution in [1.82, 2.24) is 14.9 Å². The van der Waals surface area contributed by atoms with Crippen LogP contribution in [0.1, 0.15) is 70.7 Å². The van der Waals surface area contributed by atoms with Crippen LogP contribution in [0.5, 0.6) is 0 Å². The predicted molar refractivity (Wildman–Crippen MR) is 87.1 cm³/mol. The molecule has 3 rings (SSSR count). The van der Waals surface area contributed by atoms with E-state index in [1.807, 2.05) is 6.20 Å². The van der Waals surface area contributed by atoms with E-state index in [-0.39, 0.29) is 0 Å². The van der Waals surface area contributed by atoms with Crippen LogP contribution >= 0.6 is 0 Å². The summed E-state index contributed by atoms with van der Waals surface area (Å²) < 4.78 is 2.32. The molecule has 2 aliphatic rings. The zero-order valence-corrected chi connectivity index (χ0v) is 13.7. The van der Waals surface area contributed by atoms with Crippen molar-refractivity contribution >= 4 is 0 Å². The zero-order chi connectivity index (χ0) is 14.7. The van der Waals surface area contributed by atoms with Crippen LogP contribution in [-0.4, -0.2) is 16.1 Å². The summed E-state index contributed by atoms with van der Waals surface area (Å²) in [6, 6.07) is 0.452. The van der Waals surface area contributed by atoms with Gasteiger partial charge >= 0.3 is 0 Å². The lowest BCUT2D eigenvalue weighted by Crippen LogP contribution is -2.36. The molecule has 0 aliphatic heterocycles. The fourth-order valence-electron chi connectivity index (χ4n) is 4.77. The highest BCUT2D eigenvalue weighted by atomic mass is 15.1. The van der Waals surface area contributed by atoms with E-state index in [4.69, 9.17) is 0 Å². The molecule has 3 nitrogen and oxygen atoms in total. The van der Waals surface area contributed by atoms with E-state index >= 15 is 0 Å². The van der Waals surface area contributed by atoms with Gasteiger partial charge in [-0.05, 0) is 50.5 Å². The smallest absolute Gasteiger partial charge is 0.126 e. The average Bonchev–Trinajstić information content (AvgIpc) is 3.00. The summed E-state index contributed by atoms with van der Waals surface area (Å²) in [6.07, 6.45) is 14.3. The van der Waals surface area contributed by atoms with E-state index < -0.39 is 0 Å². The summed E-state index contributed by atoms with van der Waals surface area (Å²) in [6.45, 7) is 6.49. The summed E-state index contributed by atoms with van der Waals surface area (Å²) in [5, 5.41) is 3.74. The molecule has 0 bridgehead atoms. The fraction of sp³-hybridized carbons (Fsp3) is 0.833. The number of rotatable bonds is 5. The molecule has 0 amide bonds. The molecule has 1 heterocycles. The third-order valence-electron chi connectivity index (χ3n) is 5.84. The first-order chi connectivity index (χ1) is 10.3. The third kappa shape index (κ3) is 3.18. The van der Waals surface area contributed by atoms with Gasteiger partial charge in [0.2, 0.25) is 0 Å². The maximum absolute atomic E-state index is 4.69. The highest BCUT2D eigenvalue weighted by molar-refractivity contribution is 5.03. The highest BCUT2D eigenvalue weighted by Crippen LogP contribution is 2.45. The molecule has 1 N–H and O–H groups in total. The topological polar surface area (TPSA) is 29.9 Å². The van der Waals surface area contributed by atoms with Gasteiger partial charge in [-0.1, -0.05) is 32.6 Å². The fourth-order valence-corrected chi connectivity index (χ4v) is 4.77. The molecular weight excluding hydrogens is 258 g/mol. The second kappa shape index (κ2) is 6.95. The Morgan fingerprint density at radius 3 is 2.76 bits per heavy atom. The Bertz CT molecular complexity index is 439. The van der Waals surface area contributed by atoms with Gasteiger partial charge in [-0.3, -0.25) is 0 Å². The van der Waals surface area contributed by atoms with Gasteiger partial charge in [-0.2, -0.15) is 0 Å². The summed E-state index contributed by atoms with van der Waals surface area (Å²) in [5.41, 5.74) is 0. The first-order valence-corrected chi connectivity index (χ1v) is 9.07. The first-order valence-electron chi connectivity index (χ1n) is 9.07. The van der Waals surface area contributed by atoms with Crippen molar-refractivity contribution in [3.05, 3.63) is 18.2 Å². The zero-order valence-electron chi connectivity index (χ0n) is 13.7. The SMILES string of the molecule is CCNC(c1nccn1CC)C1CCC2CCCCC2C1. The Hall–Kier alpha value is -0.830. The Balaban J connectivity index is 1.75. The third-order valence-corrected chi connectivity index (χ3v) is 5.84. The van der Waals surface area contributed by atoms with Crippen molar-refractivity contribution in [2.75, 3.05) is 6.54 Å². The van der Waals surface area contributed by atoms with Crippen molar-refractivity contribution in [2.45, 2.75) is 71.4 Å². The number of nitrogens with zero attached hydrogens (tertiary/aromatic N) is 2. The maximum atomic E-state index is 4.69. The number of aromatic nitrogens is 2. The molecule has 0 aromatic carbocycles. The van der Waals surface area contributed by atoms with Gasteiger partial charge in [-0.15, -0.1) is 0 Å². The monoisotopic (exact) mass is 289 g/mol. The molecule has 118 valence electrons. The summed E-state index contributed by atoms with van der Waals surface area (Å²) in [5.74, 6) is 4.06. The molecule has 2 aliphatic carbocycles. The van der Waals surface area contributed by atoms with Gasteiger partial charge in [-0.25, -0.2) is 4.98 Å². The van der Waals surface area contributed by atoms with Crippen LogP contribution in [0.2, 0.25) is 0 Å². The molecule has 4 unspecified atom stereocenters. The van der Waals surface area contributed by atoms with Crippen molar-refractivity contribution in [2.24, 2.45) is 17.8 Å². The summed E-state index contributed by atoms with van der Waals surface area (Å²) in [7, 11) is 0. The van der Waals surface area contributed by atoms with Crippen molar-refractivity contribution < 1.29 is 0 Å². The lowest BCUT2D eigenvalue weighted by molar-refractivity contribution is 0.107. The second-order valence-corrected chi connectivity index (χ2v) is 6.98. The van der Waals surface area contributed by atoms with E-state index in [2.05, 4.69) is 34.9 Å². The van der Waals surface area contributed by atoms with E-state index in [1.165, 1.54) is 50.8 Å². The molecule has 3 heteroatoms. The predicted octanol–water partition coefficient (Wildman–Crippen LogP) is 4.16. The minimum atomic E-state index is 0.452. The van der Waals surface area contributed by atoms with Crippen LogP contribution < -0.4 is 5.32 Å². The van der Waals surface area contributed by atoms with Crippen LogP contribution in [0.4, 0.5) is 0 Å². The van der Waals surface area contributed by atoms with E-state index in [1.54, 1.807) is 0 Å². The van der Waals surface area contributed by atoms with Crippen LogP contribution in [0.15, 0.2) is 12.4 Å². The maximum Gasteiger partial charge on any atom is 0.126 e. The van der Waals surface area contributed by atoms with Crippen molar-refractivity contribution in [3.63, 3.8) is 0 Å². The number of fused-ring (bicyclic) bond motifs is 1. The standard InChI is InChI=1S/C18H31N3/c1-3-19-17(18-20-11-12-21(18)4-2)16-10-9-14-7-5-6-8-15(14)13-16/h11-12,14-17,19H,3-10,13H2,1-2H3. The minimum Gasteiger partial charge on any atom is -0.334 e. The van der Waals surface area contributed by atoms with Gasteiger partial charge in [0, 0.05) is 18.9 Å². The first kappa shape index (κ1) is 15.1. The largest absolute Gasteiger partial charge is 0.334 e. The second-order valence-electron chi connectivity index (χ2n) is 6.98. The molecule has 1 aromatic rings. The molecular formula is C18H31N3. The Kier molecular flexibility index (Phi) is 4.99. The van der Waals surface area contributed by atoms with Crippen LogP contribution in [0.25, 0.3) is 0 Å². The Labute approximate surface area is 129 Å². The molecule has 2 fully saturated rings. The number of nitrogens with one attached hydrogen (secondary N) is 1. The quantitative estimate of drug-likeness (QED) is 0.882. The molecule has 1 aromatic heterocycles. The molecule has 0 radical (unpaired) electrons. The molecule has 21 heavy (non-hydrogen) atoms. The Morgan fingerprint density at radius 1 is 1.19 bits per heavy atom. The normalized spacial score (nSPS) is 30.9. The van der Waals surface area contributed by atoms with E-state index in [0.29, 0.717) is 6.04 Å². The molecule has 2 saturated carbocycles. The van der Waals surface area contributed by atoms with Gasteiger partial charge < -0.3 is 9.88 Å². The molecule has 0 saturated heterocycles. The molecule has 0 spiro atoms. The number of hydrogen-bond acceptors (Lipinski definition) is 2. The van der Waals surface area contributed by atoms with Crippen LogP contribution in [0.3, 0.4) is 0 Å². The van der Waals surface area contributed by atoms with Gasteiger partial charge in [0.05, 0.1) is 6.04 Å². The van der Waals surface area contributed by atoms with E-state index in [9.17, 15) is 0 Å². The highest BCUT2D eigenvalue weighted by Gasteiger charge is 2.36. The van der Waals surface area contributed by atoms with Gasteiger partial charge in [0.25, 0.3) is 0 Å². The molecule has 4 atom stereocenters. The van der Waals surface area contributed by atoms with E-state index in [0.717, 1.165) is 30.8 Å². The van der Waals surface area contributed by atoms with Crippen LogP contribution in [-0.2, 0) is 6.54 Å². The summed E-state index contributed by atoms with van der Waals surface area (Å²) in [4.78, 5) is 4.69. The minimum absolute atomic E-state index is 0.452. The van der Waals surface area contributed by atoms with Gasteiger partial charge in [0.1, 0.15) is 5.82 Å².